The number of hydrogen-bond acceptors (Lipinski definition) is 8. The zero-order valence-electron chi connectivity index (χ0n) is 19.9. The van der Waals surface area contributed by atoms with E-state index >= 15 is 4.39 Å². The Labute approximate surface area is 212 Å². The second kappa shape index (κ2) is 8.85. The lowest BCUT2D eigenvalue weighted by atomic mass is 9.95. The number of aromatic nitrogens is 3. The van der Waals surface area contributed by atoms with Crippen molar-refractivity contribution in [3.8, 4) is 11.8 Å². The van der Waals surface area contributed by atoms with Gasteiger partial charge in [-0.25, -0.2) is 13.8 Å². The maximum absolute atomic E-state index is 15.2. The van der Waals surface area contributed by atoms with E-state index in [4.69, 9.17) is 31.8 Å². The minimum absolute atomic E-state index is 0.0338. The Morgan fingerprint density at radius 3 is 3.06 bits per heavy atom. The van der Waals surface area contributed by atoms with Crippen LogP contribution in [0.15, 0.2) is 24.4 Å². The standard InChI is InChI=1S/C25H27ClF2N6O2/c1-14(16-4-2-6-30-22(16)29)34-8-9-35-21-17(26)10-18(28)20-19(21)23(34)32-24(31-20)36-13-25-5-3-7-33(25)12-15(27)11-25/h2,4,6,10,14-15H,3,5,7-9,11-13H2,1H3,(H2,29,30)/t14-,15-,25+/m1/s1. The summed E-state index contributed by atoms with van der Waals surface area (Å²) in [6.07, 6.45) is 3.01. The largest absolute Gasteiger partial charge is 0.489 e. The van der Waals surface area contributed by atoms with Crippen molar-refractivity contribution in [2.24, 2.45) is 0 Å². The molecule has 36 heavy (non-hydrogen) atoms. The maximum atomic E-state index is 15.2. The molecule has 2 fully saturated rings. The molecule has 0 amide bonds. The smallest absolute Gasteiger partial charge is 0.319 e. The Hall–Kier alpha value is -2.98. The zero-order chi connectivity index (χ0) is 25.0. The van der Waals surface area contributed by atoms with Crippen molar-refractivity contribution in [3.05, 3.63) is 40.8 Å². The van der Waals surface area contributed by atoms with Crippen molar-refractivity contribution >= 4 is 34.1 Å². The molecule has 190 valence electrons. The van der Waals surface area contributed by atoms with Gasteiger partial charge in [-0.15, -0.1) is 0 Å². The van der Waals surface area contributed by atoms with Gasteiger partial charge < -0.3 is 20.1 Å². The molecule has 3 atom stereocenters. The minimum Gasteiger partial charge on any atom is -0.489 e. The van der Waals surface area contributed by atoms with Crippen LogP contribution in [0.3, 0.4) is 0 Å². The van der Waals surface area contributed by atoms with E-state index in [9.17, 15) is 4.39 Å². The topological polar surface area (TPSA) is 89.6 Å². The number of nitrogens with zero attached hydrogens (tertiary/aromatic N) is 5. The maximum Gasteiger partial charge on any atom is 0.319 e. The van der Waals surface area contributed by atoms with Crippen molar-refractivity contribution < 1.29 is 18.3 Å². The van der Waals surface area contributed by atoms with Crippen LogP contribution in [0.25, 0.3) is 10.9 Å². The Kier molecular flexibility index (Phi) is 5.75. The lowest BCUT2D eigenvalue weighted by Gasteiger charge is -2.32. The summed E-state index contributed by atoms with van der Waals surface area (Å²) < 4.78 is 41.5. The highest BCUT2D eigenvalue weighted by atomic mass is 35.5. The van der Waals surface area contributed by atoms with Crippen LogP contribution in [-0.2, 0) is 0 Å². The molecule has 5 heterocycles. The predicted octanol–water partition coefficient (Wildman–Crippen LogP) is 4.31. The third-order valence-electron chi connectivity index (χ3n) is 7.66. The minimum atomic E-state index is -0.878. The summed E-state index contributed by atoms with van der Waals surface area (Å²) in [4.78, 5) is 17.5. The summed E-state index contributed by atoms with van der Waals surface area (Å²) in [5, 5.41) is 0.527. The molecule has 3 aliphatic rings. The van der Waals surface area contributed by atoms with Crippen molar-refractivity contribution in [1.29, 1.82) is 0 Å². The van der Waals surface area contributed by atoms with Gasteiger partial charge >= 0.3 is 6.01 Å². The van der Waals surface area contributed by atoms with Crippen LogP contribution >= 0.6 is 11.6 Å². The summed E-state index contributed by atoms with van der Waals surface area (Å²) in [5.74, 6) is 0.573. The molecule has 0 unspecified atom stereocenters. The van der Waals surface area contributed by atoms with Crippen LogP contribution in [0.5, 0.6) is 11.8 Å². The normalized spacial score (nSPS) is 24.4. The van der Waals surface area contributed by atoms with Gasteiger partial charge in [0.25, 0.3) is 0 Å². The molecule has 3 aliphatic heterocycles. The SMILES string of the molecule is C[C@H](c1cccnc1N)N1CCOc2c(Cl)cc(F)c3nc(OC[C@@]45CCCN4C[C@H](F)C5)nc1c23. The molecule has 0 spiro atoms. The van der Waals surface area contributed by atoms with E-state index in [1.807, 2.05) is 24.0 Å². The van der Waals surface area contributed by atoms with Gasteiger partial charge in [0.1, 0.15) is 36.5 Å². The van der Waals surface area contributed by atoms with E-state index in [0.717, 1.165) is 24.9 Å². The Morgan fingerprint density at radius 2 is 2.22 bits per heavy atom. The highest BCUT2D eigenvalue weighted by Crippen LogP contribution is 2.45. The lowest BCUT2D eigenvalue weighted by molar-refractivity contribution is 0.107. The van der Waals surface area contributed by atoms with Gasteiger partial charge in [0, 0.05) is 24.7 Å². The Balaban J connectivity index is 1.44. The van der Waals surface area contributed by atoms with Gasteiger partial charge in [0.2, 0.25) is 0 Å². The molecule has 1 aromatic carbocycles. The van der Waals surface area contributed by atoms with Gasteiger partial charge in [-0.1, -0.05) is 17.7 Å². The van der Waals surface area contributed by atoms with Gasteiger partial charge in [-0.05, 0) is 38.4 Å². The highest BCUT2D eigenvalue weighted by Gasteiger charge is 2.49. The van der Waals surface area contributed by atoms with Crippen molar-refractivity contribution in [2.75, 3.05) is 43.5 Å². The Morgan fingerprint density at radius 1 is 1.36 bits per heavy atom. The average Bonchev–Trinajstić information content (AvgIpc) is 3.30. The predicted molar refractivity (Wildman–Crippen MR) is 133 cm³/mol. The molecule has 0 saturated carbocycles. The first-order valence-electron chi connectivity index (χ1n) is 12.2. The molecule has 2 saturated heterocycles. The van der Waals surface area contributed by atoms with Crippen LogP contribution in [0.1, 0.15) is 37.8 Å². The summed E-state index contributed by atoms with van der Waals surface area (Å²) in [5.41, 5.74) is 6.66. The molecule has 0 bridgehead atoms. The molecule has 2 aromatic heterocycles. The number of alkyl halides is 1. The number of hydrogen-bond donors (Lipinski definition) is 1. The molecule has 3 aromatic rings. The molecule has 0 aliphatic carbocycles. The van der Waals surface area contributed by atoms with Crippen molar-refractivity contribution in [2.45, 2.75) is 43.9 Å². The molecular formula is C25H27ClF2N6O2. The highest BCUT2D eigenvalue weighted by molar-refractivity contribution is 6.33. The molecule has 8 nitrogen and oxygen atoms in total. The fraction of sp³-hybridized carbons (Fsp3) is 0.480. The number of ether oxygens (including phenoxy) is 2. The number of pyridine rings is 1. The summed E-state index contributed by atoms with van der Waals surface area (Å²) in [7, 11) is 0. The first kappa shape index (κ1) is 23.4. The number of fused-ring (bicyclic) bond motifs is 1. The van der Waals surface area contributed by atoms with Gasteiger partial charge in [-0.2, -0.15) is 9.97 Å². The molecule has 2 N–H and O–H groups in total. The van der Waals surface area contributed by atoms with Crippen molar-refractivity contribution in [3.63, 3.8) is 0 Å². The van der Waals surface area contributed by atoms with E-state index in [0.29, 0.717) is 48.9 Å². The second-order valence-corrected chi connectivity index (χ2v) is 10.2. The van der Waals surface area contributed by atoms with Crippen LogP contribution in [0.4, 0.5) is 20.4 Å². The summed E-state index contributed by atoms with van der Waals surface area (Å²) in [6.45, 7) is 4.21. The van der Waals surface area contributed by atoms with Crippen LogP contribution < -0.4 is 20.1 Å². The summed E-state index contributed by atoms with van der Waals surface area (Å²) >= 11 is 6.38. The number of nitrogens with two attached hydrogens (primary N) is 1. The van der Waals surface area contributed by atoms with Crippen LogP contribution in [0, 0.1) is 5.82 Å². The van der Waals surface area contributed by atoms with Crippen molar-refractivity contribution in [1.82, 2.24) is 19.9 Å². The number of anilines is 2. The van der Waals surface area contributed by atoms with Crippen LogP contribution in [0.2, 0.25) is 5.02 Å². The van der Waals surface area contributed by atoms with E-state index in [-0.39, 0.29) is 34.7 Å². The average molecular weight is 517 g/mol. The monoisotopic (exact) mass is 516 g/mol. The van der Waals surface area contributed by atoms with Crippen LogP contribution in [-0.4, -0.2) is 64.4 Å². The molecule has 11 heteroatoms. The first-order chi connectivity index (χ1) is 17.4. The third kappa shape index (κ3) is 3.78. The number of benzene rings is 1. The fourth-order valence-electron chi connectivity index (χ4n) is 5.92. The number of rotatable bonds is 5. The van der Waals surface area contributed by atoms with E-state index in [2.05, 4.69) is 14.9 Å². The quantitative estimate of drug-likeness (QED) is 0.536. The van der Waals surface area contributed by atoms with Gasteiger partial charge in [-0.3, -0.25) is 4.90 Å². The van der Waals surface area contributed by atoms with E-state index < -0.39 is 12.0 Å². The van der Waals surface area contributed by atoms with E-state index in [1.54, 1.807) is 6.20 Å². The lowest BCUT2D eigenvalue weighted by Crippen LogP contribution is -2.43. The van der Waals surface area contributed by atoms with Gasteiger partial charge in [0.05, 0.1) is 28.5 Å². The third-order valence-corrected chi connectivity index (χ3v) is 7.94. The fourth-order valence-corrected chi connectivity index (χ4v) is 6.16. The second-order valence-electron chi connectivity index (χ2n) is 9.78. The van der Waals surface area contributed by atoms with Gasteiger partial charge in [0.15, 0.2) is 11.6 Å². The first-order valence-corrected chi connectivity index (χ1v) is 12.6. The number of nitrogen functional groups attached to an aromatic ring is 1. The Bertz CT molecular complexity index is 1330. The number of halogens is 3. The molecular weight excluding hydrogens is 490 g/mol. The zero-order valence-corrected chi connectivity index (χ0v) is 20.6. The summed E-state index contributed by atoms with van der Waals surface area (Å²) in [6, 6.07) is 4.69. The molecule has 6 rings (SSSR count). The van der Waals surface area contributed by atoms with E-state index in [1.165, 1.54) is 6.07 Å². The molecule has 0 radical (unpaired) electrons.